The third kappa shape index (κ3) is 3.58. The standard InChI is InChI=1S/C13H7Cl2FINO/c14-7-1-3-9(12(17)5-7)13(19)18-8-2-4-11(16)10(15)6-8/h1-6H,(H,18,19). The highest BCUT2D eigenvalue weighted by atomic mass is 127. The molecule has 0 atom stereocenters. The topological polar surface area (TPSA) is 29.1 Å². The fraction of sp³-hybridized carbons (Fsp3) is 0. The van der Waals surface area contributed by atoms with Crippen molar-refractivity contribution in [3.05, 3.63) is 61.4 Å². The largest absolute Gasteiger partial charge is 0.322 e. The molecule has 1 N–H and O–H groups in total. The lowest BCUT2D eigenvalue weighted by Gasteiger charge is -2.07. The first-order valence-corrected chi connectivity index (χ1v) is 7.02. The quantitative estimate of drug-likeness (QED) is 0.695. The maximum absolute atomic E-state index is 13.0. The van der Waals surface area contributed by atoms with Crippen molar-refractivity contribution >= 4 is 57.4 Å². The minimum atomic E-state index is -0.527. The molecule has 1 amide bonds. The van der Waals surface area contributed by atoms with Crippen molar-refractivity contribution in [1.29, 1.82) is 0 Å². The van der Waals surface area contributed by atoms with Gasteiger partial charge < -0.3 is 5.32 Å². The van der Waals surface area contributed by atoms with Crippen molar-refractivity contribution in [3.8, 4) is 0 Å². The van der Waals surface area contributed by atoms with Gasteiger partial charge in [-0.25, -0.2) is 4.39 Å². The zero-order chi connectivity index (χ0) is 14.0. The third-order valence-corrected chi connectivity index (χ3v) is 3.77. The van der Waals surface area contributed by atoms with Crippen LogP contribution in [0, 0.1) is 9.39 Å². The Balaban J connectivity index is 2.23. The third-order valence-electron chi connectivity index (χ3n) is 2.35. The summed E-state index contributed by atoms with van der Waals surface area (Å²) in [7, 11) is 0. The Morgan fingerprint density at radius 1 is 1.16 bits per heavy atom. The van der Waals surface area contributed by atoms with Crippen LogP contribution >= 0.6 is 45.8 Å². The Hall–Kier alpha value is -0.850. The number of carbonyl (C=O) groups is 1. The smallest absolute Gasteiger partial charge is 0.256 e. The maximum Gasteiger partial charge on any atom is 0.256 e. The summed E-state index contributed by atoms with van der Waals surface area (Å²) >= 11 is 13.5. The molecule has 2 rings (SSSR count). The van der Waals surface area contributed by atoms with Gasteiger partial charge in [0.25, 0.3) is 5.91 Å². The molecule has 0 aliphatic heterocycles. The van der Waals surface area contributed by atoms with Crippen LogP contribution in [-0.2, 0) is 0 Å². The van der Waals surface area contributed by atoms with Crippen LogP contribution in [0.3, 0.4) is 0 Å². The number of halogens is 4. The van der Waals surface area contributed by atoms with Gasteiger partial charge in [0.2, 0.25) is 0 Å². The first-order chi connectivity index (χ1) is 8.97. The minimum Gasteiger partial charge on any atom is -0.322 e. The van der Waals surface area contributed by atoms with E-state index in [1.165, 1.54) is 18.2 Å². The molecule has 0 unspecified atom stereocenters. The molecular formula is C13H7Cl2FINO. The van der Waals surface area contributed by atoms with Crippen LogP contribution in [0.15, 0.2) is 36.4 Å². The fourth-order valence-electron chi connectivity index (χ4n) is 1.45. The second-order valence-electron chi connectivity index (χ2n) is 3.71. The molecule has 2 nitrogen and oxygen atoms in total. The first kappa shape index (κ1) is 14.6. The lowest BCUT2D eigenvalue weighted by molar-refractivity contribution is 0.102. The van der Waals surface area contributed by atoms with Crippen molar-refractivity contribution in [1.82, 2.24) is 0 Å². The van der Waals surface area contributed by atoms with Crippen LogP contribution in [0.25, 0.3) is 0 Å². The Kier molecular flexibility index (Phi) is 4.65. The van der Waals surface area contributed by atoms with Crippen LogP contribution in [-0.4, -0.2) is 5.91 Å². The predicted molar refractivity (Wildman–Crippen MR) is 83.5 cm³/mol. The molecule has 2 aromatic carbocycles. The van der Waals surface area contributed by atoms with E-state index in [-0.39, 0.29) is 10.9 Å². The highest BCUT2D eigenvalue weighted by Gasteiger charge is 2.11. The van der Waals surface area contributed by atoms with E-state index in [0.717, 1.165) is 3.57 Å². The summed E-state index contributed by atoms with van der Waals surface area (Å²) < 4.78 is 13.7. The van der Waals surface area contributed by atoms with Gasteiger partial charge in [-0.3, -0.25) is 4.79 Å². The predicted octanol–water partition coefficient (Wildman–Crippen LogP) is 4.99. The van der Waals surface area contributed by atoms with Crippen LogP contribution < -0.4 is 5.32 Å². The molecule has 0 aromatic heterocycles. The van der Waals surface area contributed by atoms with Gasteiger partial charge in [-0.2, -0.15) is 0 Å². The van der Waals surface area contributed by atoms with Gasteiger partial charge in [-0.05, 0) is 59.0 Å². The number of carbonyl (C=O) groups excluding carboxylic acids is 1. The van der Waals surface area contributed by atoms with Gasteiger partial charge in [0.1, 0.15) is 5.82 Å². The van der Waals surface area contributed by atoms with E-state index in [9.17, 15) is 9.18 Å². The van der Waals surface area contributed by atoms with E-state index >= 15 is 0 Å². The number of hydrogen-bond donors (Lipinski definition) is 1. The van der Waals surface area contributed by atoms with Gasteiger partial charge in [0.05, 0.1) is 10.6 Å². The molecule has 0 fully saturated rings. The van der Waals surface area contributed by atoms with Gasteiger partial charge in [-0.1, -0.05) is 23.2 Å². The molecule has 6 heteroatoms. The summed E-state index contributed by atoms with van der Waals surface area (Å²) in [5.41, 5.74) is 0.924. The maximum atomic E-state index is 13.0. The zero-order valence-electron chi connectivity index (χ0n) is 9.38. The van der Waals surface area contributed by atoms with E-state index < -0.39 is 5.82 Å². The normalized spacial score (nSPS) is 10.3. The monoisotopic (exact) mass is 409 g/mol. The summed E-state index contributed by atoms with van der Waals surface area (Å²) in [6, 6.07) is 8.96. The SMILES string of the molecule is O=C(Nc1ccc(F)c(Cl)c1)c1ccc(Cl)cc1I. The van der Waals surface area contributed by atoms with Gasteiger partial charge in [0, 0.05) is 14.3 Å². The molecule has 2 aromatic rings. The van der Waals surface area contributed by atoms with Gasteiger partial charge in [0.15, 0.2) is 0 Å². The Bertz CT molecular complexity index is 649. The summed E-state index contributed by atoms with van der Waals surface area (Å²) in [6.07, 6.45) is 0. The molecule has 0 aliphatic rings. The highest BCUT2D eigenvalue weighted by Crippen LogP contribution is 2.22. The lowest BCUT2D eigenvalue weighted by Crippen LogP contribution is -2.13. The molecule has 0 heterocycles. The average Bonchev–Trinajstić information content (AvgIpc) is 2.33. The molecular weight excluding hydrogens is 403 g/mol. The number of benzene rings is 2. The van der Waals surface area contributed by atoms with Gasteiger partial charge in [-0.15, -0.1) is 0 Å². The number of nitrogens with one attached hydrogen (secondary N) is 1. The van der Waals surface area contributed by atoms with Crippen molar-refractivity contribution in [2.45, 2.75) is 0 Å². The Morgan fingerprint density at radius 2 is 1.89 bits per heavy atom. The van der Waals surface area contributed by atoms with Crippen LogP contribution in [0.1, 0.15) is 10.4 Å². The second-order valence-corrected chi connectivity index (χ2v) is 5.71. The molecule has 0 aliphatic carbocycles. The summed E-state index contributed by atoms with van der Waals surface area (Å²) in [5.74, 6) is -0.829. The van der Waals surface area contributed by atoms with E-state index in [1.54, 1.807) is 18.2 Å². The Morgan fingerprint density at radius 3 is 2.53 bits per heavy atom. The number of hydrogen-bond acceptors (Lipinski definition) is 1. The van der Waals surface area contributed by atoms with E-state index in [4.69, 9.17) is 23.2 Å². The van der Waals surface area contributed by atoms with Crippen molar-refractivity contribution < 1.29 is 9.18 Å². The average molecular weight is 410 g/mol. The molecule has 0 saturated heterocycles. The van der Waals surface area contributed by atoms with Crippen molar-refractivity contribution in [3.63, 3.8) is 0 Å². The summed E-state index contributed by atoms with van der Waals surface area (Å²) in [5, 5.41) is 3.17. The molecule has 0 radical (unpaired) electrons. The van der Waals surface area contributed by atoms with Crippen LogP contribution in [0.4, 0.5) is 10.1 Å². The van der Waals surface area contributed by atoms with Gasteiger partial charge >= 0.3 is 0 Å². The summed E-state index contributed by atoms with van der Waals surface area (Å²) in [4.78, 5) is 12.0. The number of rotatable bonds is 2. The first-order valence-electron chi connectivity index (χ1n) is 5.19. The molecule has 0 saturated carbocycles. The fourth-order valence-corrected chi connectivity index (χ4v) is 2.74. The molecule has 0 spiro atoms. The van der Waals surface area contributed by atoms with Crippen LogP contribution in [0.5, 0.6) is 0 Å². The van der Waals surface area contributed by atoms with Crippen molar-refractivity contribution in [2.75, 3.05) is 5.32 Å². The highest BCUT2D eigenvalue weighted by molar-refractivity contribution is 14.1. The molecule has 98 valence electrons. The lowest BCUT2D eigenvalue weighted by atomic mass is 10.2. The van der Waals surface area contributed by atoms with E-state index in [1.807, 2.05) is 22.6 Å². The Labute approximate surface area is 133 Å². The molecule has 19 heavy (non-hydrogen) atoms. The number of anilines is 1. The van der Waals surface area contributed by atoms with E-state index in [2.05, 4.69) is 5.32 Å². The minimum absolute atomic E-state index is 0.0383. The second kappa shape index (κ2) is 6.07. The van der Waals surface area contributed by atoms with Crippen LogP contribution in [0.2, 0.25) is 10.0 Å². The van der Waals surface area contributed by atoms with Crippen molar-refractivity contribution in [2.24, 2.45) is 0 Å². The zero-order valence-corrected chi connectivity index (χ0v) is 13.1. The van der Waals surface area contributed by atoms with E-state index in [0.29, 0.717) is 16.3 Å². The summed E-state index contributed by atoms with van der Waals surface area (Å²) in [6.45, 7) is 0. The number of amides is 1. The molecule has 0 bridgehead atoms.